The minimum Gasteiger partial charge on any atom is -0.423 e. The molecule has 1 aromatic heterocycles. The number of alkyl halides is 3. The lowest BCUT2D eigenvalue weighted by atomic mass is 10.0. The summed E-state index contributed by atoms with van der Waals surface area (Å²) in [5.41, 5.74) is 1.45. The van der Waals surface area contributed by atoms with Crippen LogP contribution in [0.25, 0.3) is 11.0 Å². The number of benzene rings is 2. The van der Waals surface area contributed by atoms with Gasteiger partial charge in [-0.2, -0.15) is 13.2 Å². The molecule has 158 valence electrons. The van der Waals surface area contributed by atoms with Crippen LogP contribution in [0.15, 0.2) is 51.7 Å². The molecule has 1 amide bonds. The van der Waals surface area contributed by atoms with Crippen molar-refractivity contribution in [2.45, 2.75) is 26.6 Å². The maximum Gasteiger partial charge on any atom is 0.418 e. The molecule has 1 N–H and O–H groups in total. The molecule has 30 heavy (non-hydrogen) atoms. The van der Waals surface area contributed by atoms with Gasteiger partial charge in [-0.25, -0.2) is 4.79 Å². The molecule has 1 heterocycles. The lowest BCUT2D eigenvalue weighted by Gasteiger charge is -2.19. The Bertz CT molecular complexity index is 1150. The van der Waals surface area contributed by atoms with Gasteiger partial charge in [0.05, 0.1) is 17.8 Å². The molecule has 0 unspecified atom stereocenters. The van der Waals surface area contributed by atoms with Crippen LogP contribution in [0.4, 0.5) is 18.9 Å². The van der Waals surface area contributed by atoms with Crippen molar-refractivity contribution < 1.29 is 22.4 Å². The van der Waals surface area contributed by atoms with Gasteiger partial charge in [0.1, 0.15) is 5.58 Å². The topological polar surface area (TPSA) is 62.6 Å². The number of rotatable bonds is 5. The lowest BCUT2D eigenvalue weighted by molar-refractivity contribution is -0.137. The van der Waals surface area contributed by atoms with E-state index < -0.39 is 23.3 Å². The van der Waals surface area contributed by atoms with E-state index in [1.165, 1.54) is 24.3 Å². The van der Waals surface area contributed by atoms with Gasteiger partial charge < -0.3 is 9.73 Å². The van der Waals surface area contributed by atoms with E-state index in [-0.39, 0.29) is 18.8 Å². The Kier molecular flexibility index (Phi) is 5.98. The minimum atomic E-state index is -4.57. The molecule has 0 saturated carbocycles. The molecule has 0 aliphatic heterocycles. The van der Waals surface area contributed by atoms with Crippen molar-refractivity contribution >= 4 is 22.6 Å². The van der Waals surface area contributed by atoms with E-state index in [0.29, 0.717) is 11.1 Å². The van der Waals surface area contributed by atoms with Crippen molar-refractivity contribution in [2.75, 3.05) is 18.9 Å². The number of aryl methyl sites for hydroxylation is 2. The van der Waals surface area contributed by atoms with E-state index in [4.69, 9.17) is 4.42 Å². The van der Waals surface area contributed by atoms with Gasteiger partial charge in [-0.15, -0.1) is 0 Å². The summed E-state index contributed by atoms with van der Waals surface area (Å²) in [6, 6.07) is 9.88. The third-order valence-electron chi connectivity index (χ3n) is 4.80. The Labute approximate surface area is 171 Å². The fraction of sp³-hybridized carbons (Fsp3) is 0.273. The zero-order valence-electron chi connectivity index (χ0n) is 16.8. The summed E-state index contributed by atoms with van der Waals surface area (Å²) >= 11 is 0. The summed E-state index contributed by atoms with van der Waals surface area (Å²) in [7, 11) is 1.65. The van der Waals surface area contributed by atoms with Gasteiger partial charge in [-0.1, -0.05) is 12.1 Å². The van der Waals surface area contributed by atoms with Crippen molar-refractivity contribution in [3.8, 4) is 0 Å². The molecule has 0 fully saturated rings. The quantitative estimate of drug-likeness (QED) is 0.620. The number of amides is 1. The number of nitrogens with zero attached hydrogens (tertiary/aromatic N) is 1. The van der Waals surface area contributed by atoms with Gasteiger partial charge >= 0.3 is 11.8 Å². The first-order chi connectivity index (χ1) is 14.0. The molecule has 5 nitrogen and oxygen atoms in total. The largest absolute Gasteiger partial charge is 0.423 e. The first kappa shape index (κ1) is 21.6. The Morgan fingerprint density at radius 2 is 1.77 bits per heavy atom. The summed E-state index contributed by atoms with van der Waals surface area (Å²) in [6.45, 7) is 3.95. The molecular formula is C22H21F3N2O3. The number of hydrogen-bond donors (Lipinski definition) is 1. The van der Waals surface area contributed by atoms with Gasteiger partial charge in [-0.3, -0.25) is 9.69 Å². The number of nitrogens with one attached hydrogen (secondary N) is 1. The highest BCUT2D eigenvalue weighted by molar-refractivity contribution is 5.93. The average Bonchev–Trinajstić information content (AvgIpc) is 2.62. The minimum absolute atomic E-state index is 0.154. The van der Waals surface area contributed by atoms with Crippen LogP contribution in [0.1, 0.15) is 22.3 Å². The van der Waals surface area contributed by atoms with E-state index in [9.17, 15) is 22.8 Å². The molecule has 0 spiro atoms. The Morgan fingerprint density at radius 1 is 1.10 bits per heavy atom. The van der Waals surface area contributed by atoms with Crippen LogP contribution in [-0.2, 0) is 17.5 Å². The third-order valence-corrected chi connectivity index (χ3v) is 4.80. The van der Waals surface area contributed by atoms with E-state index in [2.05, 4.69) is 5.32 Å². The van der Waals surface area contributed by atoms with Crippen LogP contribution in [0.5, 0.6) is 0 Å². The van der Waals surface area contributed by atoms with Crippen LogP contribution >= 0.6 is 0 Å². The Hall–Kier alpha value is -3.13. The zero-order valence-corrected chi connectivity index (χ0v) is 16.8. The maximum absolute atomic E-state index is 13.1. The summed E-state index contributed by atoms with van der Waals surface area (Å²) in [4.78, 5) is 25.8. The number of halogens is 3. The van der Waals surface area contributed by atoms with Crippen molar-refractivity contribution in [1.82, 2.24) is 4.90 Å². The van der Waals surface area contributed by atoms with E-state index in [0.717, 1.165) is 22.6 Å². The first-order valence-corrected chi connectivity index (χ1v) is 9.23. The predicted octanol–water partition coefficient (Wildman–Crippen LogP) is 4.50. The molecular weight excluding hydrogens is 397 g/mol. The summed E-state index contributed by atoms with van der Waals surface area (Å²) in [5.74, 6) is -0.589. The van der Waals surface area contributed by atoms with Crippen LogP contribution in [0.2, 0.25) is 0 Å². The molecule has 3 aromatic rings. The maximum atomic E-state index is 13.1. The van der Waals surface area contributed by atoms with Crippen molar-refractivity contribution in [1.29, 1.82) is 0 Å². The van der Waals surface area contributed by atoms with Crippen LogP contribution < -0.4 is 10.9 Å². The fourth-order valence-electron chi connectivity index (χ4n) is 3.23. The number of anilines is 1. The number of likely N-dealkylation sites (N-methyl/N-ethyl adjacent to an activating group) is 1. The zero-order chi connectivity index (χ0) is 22.1. The number of carbonyl (C=O) groups excluding carboxylic acids is 1. The number of hydrogen-bond acceptors (Lipinski definition) is 4. The molecule has 3 rings (SSSR count). The summed E-state index contributed by atoms with van der Waals surface area (Å²) < 4.78 is 44.6. The van der Waals surface area contributed by atoms with Crippen LogP contribution in [-0.4, -0.2) is 24.4 Å². The second-order valence-electron chi connectivity index (χ2n) is 7.29. The number of fused-ring (bicyclic) bond motifs is 1. The van der Waals surface area contributed by atoms with E-state index >= 15 is 0 Å². The molecule has 2 aromatic carbocycles. The van der Waals surface area contributed by atoms with Gasteiger partial charge in [0.15, 0.2) is 0 Å². The second kappa shape index (κ2) is 8.31. The van der Waals surface area contributed by atoms with E-state index in [1.54, 1.807) is 18.0 Å². The molecule has 0 radical (unpaired) electrons. The third kappa shape index (κ3) is 4.88. The smallest absolute Gasteiger partial charge is 0.418 e. The monoisotopic (exact) mass is 418 g/mol. The molecule has 8 heteroatoms. The molecule has 0 aliphatic rings. The normalized spacial score (nSPS) is 11.8. The molecule has 0 saturated heterocycles. The highest BCUT2D eigenvalue weighted by Crippen LogP contribution is 2.34. The van der Waals surface area contributed by atoms with Crippen molar-refractivity contribution in [2.24, 2.45) is 0 Å². The summed E-state index contributed by atoms with van der Waals surface area (Å²) in [5, 5.41) is 3.07. The van der Waals surface area contributed by atoms with Crippen LogP contribution in [0, 0.1) is 13.8 Å². The number of para-hydroxylation sites is 1. The van der Waals surface area contributed by atoms with Gasteiger partial charge in [0.2, 0.25) is 5.91 Å². The average molecular weight is 418 g/mol. The van der Waals surface area contributed by atoms with Gasteiger partial charge in [-0.05, 0) is 61.9 Å². The summed E-state index contributed by atoms with van der Waals surface area (Å²) in [6.07, 6.45) is -4.57. The predicted molar refractivity (Wildman–Crippen MR) is 108 cm³/mol. The second-order valence-corrected chi connectivity index (χ2v) is 7.29. The van der Waals surface area contributed by atoms with Gasteiger partial charge in [0, 0.05) is 18.0 Å². The fourth-order valence-corrected chi connectivity index (χ4v) is 3.23. The van der Waals surface area contributed by atoms with Crippen molar-refractivity contribution in [3.05, 3.63) is 75.1 Å². The van der Waals surface area contributed by atoms with Crippen LogP contribution in [0.3, 0.4) is 0 Å². The standard InChI is InChI=1S/C22H21F3N2O3/c1-13-8-16-15(10-21(29)30-19(16)9-14(13)2)11-27(3)12-20(28)26-18-7-5-4-6-17(18)22(23,24)25/h4-10H,11-12H2,1-3H3,(H,26,28). The molecule has 0 bridgehead atoms. The first-order valence-electron chi connectivity index (χ1n) is 9.23. The number of carbonyl (C=O) groups is 1. The van der Waals surface area contributed by atoms with Crippen molar-refractivity contribution in [3.63, 3.8) is 0 Å². The highest BCUT2D eigenvalue weighted by atomic mass is 19.4. The highest BCUT2D eigenvalue weighted by Gasteiger charge is 2.33. The molecule has 0 aliphatic carbocycles. The molecule has 0 atom stereocenters. The van der Waals surface area contributed by atoms with Gasteiger partial charge in [0.25, 0.3) is 0 Å². The Morgan fingerprint density at radius 3 is 2.47 bits per heavy atom. The van der Waals surface area contributed by atoms with E-state index in [1.807, 2.05) is 19.9 Å². The lowest BCUT2D eigenvalue weighted by Crippen LogP contribution is -2.30. The Balaban J connectivity index is 1.77. The SMILES string of the molecule is Cc1cc2oc(=O)cc(CN(C)CC(=O)Nc3ccccc3C(F)(F)F)c2cc1C.